The molecular weight excluding hydrogens is 232 g/mol. The fourth-order valence-corrected chi connectivity index (χ4v) is 2.81. The minimum absolute atomic E-state index is 0.211. The summed E-state index contributed by atoms with van der Waals surface area (Å²) in [5, 5.41) is 0. The summed E-state index contributed by atoms with van der Waals surface area (Å²) in [7, 11) is 0. The third-order valence-electron chi connectivity index (χ3n) is 2.39. The van der Waals surface area contributed by atoms with Gasteiger partial charge in [-0.3, -0.25) is 0 Å². The topological polar surface area (TPSA) is 0 Å². The Morgan fingerprint density at radius 3 is 2.56 bits per heavy atom. The highest BCUT2D eigenvalue weighted by atomic mass is 32.2. The van der Waals surface area contributed by atoms with E-state index in [4.69, 9.17) is 12.2 Å². The van der Waals surface area contributed by atoms with Gasteiger partial charge in [0.2, 0.25) is 0 Å². The van der Waals surface area contributed by atoms with E-state index in [1.165, 1.54) is 10.5 Å². The van der Waals surface area contributed by atoms with Gasteiger partial charge in [-0.05, 0) is 29.5 Å². The Morgan fingerprint density at radius 2 is 2.00 bits per heavy atom. The lowest BCUT2D eigenvalue weighted by atomic mass is 9.87. The van der Waals surface area contributed by atoms with Gasteiger partial charge >= 0.3 is 0 Å². The summed E-state index contributed by atoms with van der Waals surface area (Å²) in [5.41, 5.74) is 1.58. The highest BCUT2D eigenvalue weighted by Gasteiger charge is 2.13. The van der Waals surface area contributed by atoms with Crippen molar-refractivity contribution in [3.63, 3.8) is 0 Å². The Labute approximate surface area is 109 Å². The first-order valence-corrected chi connectivity index (χ1v) is 6.97. The van der Waals surface area contributed by atoms with Crippen molar-refractivity contribution in [1.29, 1.82) is 0 Å². The van der Waals surface area contributed by atoms with Crippen LogP contribution in [0.25, 0.3) is 0 Å². The van der Waals surface area contributed by atoms with Gasteiger partial charge in [0, 0.05) is 4.90 Å². The van der Waals surface area contributed by atoms with E-state index in [0.29, 0.717) is 0 Å². The standard InChI is InChI=1S/C14H20S2/c1-5-7-13(15)16-12-9-6-8-11(10-12)14(2,3)4/h6,8-10H,5,7H2,1-4H3. The average molecular weight is 252 g/mol. The van der Waals surface area contributed by atoms with E-state index in [1.807, 2.05) is 0 Å². The second kappa shape index (κ2) is 5.83. The SMILES string of the molecule is CCCC(=S)Sc1cccc(C(C)(C)C)c1. The van der Waals surface area contributed by atoms with Crippen LogP contribution in [0.4, 0.5) is 0 Å². The molecule has 0 heterocycles. The zero-order valence-corrected chi connectivity index (χ0v) is 12.2. The summed E-state index contributed by atoms with van der Waals surface area (Å²) >= 11 is 7.06. The lowest BCUT2D eigenvalue weighted by molar-refractivity contribution is 0.589. The molecule has 0 amide bonds. The Morgan fingerprint density at radius 1 is 1.31 bits per heavy atom. The second-order valence-corrected chi connectivity index (χ2v) is 6.92. The van der Waals surface area contributed by atoms with Crippen molar-refractivity contribution >= 4 is 28.2 Å². The van der Waals surface area contributed by atoms with Crippen LogP contribution in [-0.2, 0) is 5.41 Å². The van der Waals surface area contributed by atoms with Gasteiger partial charge in [0.25, 0.3) is 0 Å². The summed E-state index contributed by atoms with van der Waals surface area (Å²) in [4.78, 5) is 1.27. The molecule has 1 aromatic rings. The van der Waals surface area contributed by atoms with Crippen LogP contribution in [0.3, 0.4) is 0 Å². The molecule has 0 aliphatic heterocycles. The minimum Gasteiger partial charge on any atom is -0.0828 e. The van der Waals surface area contributed by atoms with Gasteiger partial charge in [0.05, 0.1) is 4.20 Å². The summed E-state index contributed by atoms with van der Waals surface area (Å²) in [6.45, 7) is 8.88. The molecule has 0 saturated carbocycles. The monoisotopic (exact) mass is 252 g/mol. The third-order valence-corrected chi connectivity index (χ3v) is 3.76. The van der Waals surface area contributed by atoms with Crippen molar-refractivity contribution < 1.29 is 0 Å². The molecule has 88 valence electrons. The minimum atomic E-state index is 0.211. The number of rotatable bonds is 3. The van der Waals surface area contributed by atoms with Crippen molar-refractivity contribution in [3.8, 4) is 0 Å². The molecular formula is C14H20S2. The van der Waals surface area contributed by atoms with E-state index in [9.17, 15) is 0 Å². The Bertz CT molecular complexity index is 361. The molecule has 2 heteroatoms. The van der Waals surface area contributed by atoms with Crippen molar-refractivity contribution in [3.05, 3.63) is 29.8 Å². The molecule has 0 aliphatic rings. The van der Waals surface area contributed by atoms with Gasteiger partial charge in [-0.15, -0.1) is 0 Å². The van der Waals surface area contributed by atoms with Gasteiger partial charge in [-0.1, -0.05) is 70.2 Å². The molecule has 0 unspecified atom stereocenters. The highest BCUT2D eigenvalue weighted by molar-refractivity contribution is 8.23. The molecule has 0 N–H and O–H groups in total. The lowest BCUT2D eigenvalue weighted by Crippen LogP contribution is -2.10. The number of hydrogen-bond acceptors (Lipinski definition) is 2. The maximum absolute atomic E-state index is 5.33. The number of thiocarbonyl (C=S) groups is 1. The molecule has 0 nitrogen and oxygen atoms in total. The second-order valence-electron chi connectivity index (χ2n) is 5.00. The van der Waals surface area contributed by atoms with Crippen molar-refractivity contribution in [2.45, 2.75) is 50.8 Å². The Hall–Kier alpha value is -0.340. The van der Waals surface area contributed by atoms with Gasteiger partial charge < -0.3 is 0 Å². The van der Waals surface area contributed by atoms with Crippen LogP contribution in [-0.4, -0.2) is 4.20 Å². The smallest absolute Gasteiger partial charge is 0.0527 e. The molecule has 0 bridgehead atoms. The summed E-state index contributed by atoms with van der Waals surface area (Å²) in [5.74, 6) is 0. The molecule has 0 atom stereocenters. The maximum atomic E-state index is 5.33. The number of benzene rings is 1. The van der Waals surface area contributed by atoms with E-state index >= 15 is 0 Å². The molecule has 0 fully saturated rings. The largest absolute Gasteiger partial charge is 0.0828 e. The molecule has 1 rings (SSSR count). The fraction of sp³-hybridized carbons (Fsp3) is 0.500. The van der Waals surface area contributed by atoms with E-state index < -0.39 is 0 Å². The quantitative estimate of drug-likeness (QED) is 0.535. The molecule has 0 saturated heterocycles. The summed E-state index contributed by atoms with van der Waals surface area (Å²) < 4.78 is 1.09. The molecule has 1 aromatic carbocycles. The summed E-state index contributed by atoms with van der Waals surface area (Å²) in [6, 6.07) is 8.71. The van der Waals surface area contributed by atoms with Crippen LogP contribution in [0.5, 0.6) is 0 Å². The van der Waals surface area contributed by atoms with Crippen LogP contribution in [0.2, 0.25) is 0 Å². The molecule has 16 heavy (non-hydrogen) atoms. The molecule has 0 radical (unpaired) electrons. The summed E-state index contributed by atoms with van der Waals surface area (Å²) in [6.07, 6.45) is 2.16. The zero-order valence-electron chi connectivity index (χ0n) is 10.5. The molecule has 0 aliphatic carbocycles. The van der Waals surface area contributed by atoms with Gasteiger partial charge in [0.15, 0.2) is 0 Å². The zero-order chi connectivity index (χ0) is 12.2. The van der Waals surface area contributed by atoms with Gasteiger partial charge in [0.1, 0.15) is 0 Å². The van der Waals surface area contributed by atoms with Crippen LogP contribution >= 0.6 is 24.0 Å². The van der Waals surface area contributed by atoms with E-state index in [0.717, 1.165) is 17.0 Å². The number of thioether (sulfide) groups is 1. The molecule has 0 spiro atoms. The Kier molecular flexibility index (Phi) is 5.00. The maximum Gasteiger partial charge on any atom is 0.0527 e. The third kappa shape index (κ3) is 4.26. The van der Waals surface area contributed by atoms with Crippen LogP contribution < -0.4 is 0 Å². The van der Waals surface area contributed by atoms with Crippen molar-refractivity contribution in [2.24, 2.45) is 0 Å². The highest BCUT2D eigenvalue weighted by Crippen LogP contribution is 2.28. The predicted octanol–water partition coefficient (Wildman–Crippen LogP) is 5.20. The van der Waals surface area contributed by atoms with Gasteiger partial charge in [-0.25, -0.2) is 0 Å². The first-order chi connectivity index (χ1) is 7.43. The first-order valence-electron chi connectivity index (χ1n) is 5.74. The normalized spacial score (nSPS) is 11.5. The first kappa shape index (κ1) is 13.7. The van der Waals surface area contributed by atoms with Crippen molar-refractivity contribution in [2.75, 3.05) is 0 Å². The van der Waals surface area contributed by atoms with Crippen LogP contribution in [0.1, 0.15) is 46.1 Å². The van der Waals surface area contributed by atoms with E-state index in [1.54, 1.807) is 11.8 Å². The Balaban J connectivity index is 2.79. The lowest BCUT2D eigenvalue weighted by Gasteiger charge is -2.19. The van der Waals surface area contributed by atoms with Crippen molar-refractivity contribution in [1.82, 2.24) is 0 Å². The van der Waals surface area contributed by atoms with E-state index in [-0.39, 0.29) is 5.41 Å². The van der Waals surface area contributed by atoms with Crippen LogP contribution in [0.15, 0.2) is 29.2 Å². The molecule has 0 aromatic heterocycles. The number of hydrogen-bond donors (Lipinski definition) is 0. The average Bonchev–Trinajstić information content (AvgIpc) is 2.17. The van der Waals surface area contributed by atoms with E-state index in [2.05, 4.69) is 52.0 Å². The van der Waals surface area contributed by atoms with Gasteiger partial charge in [-0.2, -0.15) is 0 Å². The fourth-order valence-electron chi connectivity index (χ4n) is 1.41. The predicted molar refractivity (Wildman–Crippen MR) is 78.5 cm³/mol. The van der Waals surface area contributed by atoms with Crippen LogP contribution in [0, 0.1) is 0 Å².